The van der Waals surface area contributed by atoms with Crippen molar-refractivity contribution < 1.29 is 4.74 Å². The summed E-state index contributed by atoms with van der Waals surface area (Å²) in [4.78, 5) is 0. The molecule has 1 aromatic carbocycles. The number of rotatable bonds is 5. The fourth-order valence-corrected chi connectivity index (χ4v) is 2.33. The van der Waals surface area contributed by atoms with Crippen molar-refractivity contribution in [3.05, 3.63) is 35.9 Å². The monoisotopic (exact) mass is 248 g/mol. The smallest absolute Gasteiger partial charge is 0.0608 e. The Kier molecular flexibility index (Phi) is 5.17. The van der Waals surface area contributed by atoms with Crippen LogP contribution < -0.4 is 5.43 Å². The third-order valence-corrected chi connectivity index (χ3v) is 3.26. The van der Waals surface area contributed by atoms with Crippen molar-refractivity contribution >= 4 is 0 Å². The summed E-state index contributed by atoms with van der Waals surface area (Å²) in [5, 5.41) is 2.30. The molecule has 0 aromatic heterocycles. The second kappa shape index (κ2) is 6.88. The standard InChI is InChI=1S/C15H24N2O/c1-13(2)12-15(14-6-4-3-5-7-14)16-17-8-10-18-11-9-17/h3-7,13,15-16H,8-12H2,1-2H3. The van der Waals surface area contributed by atoms with Crippen molar-refractivity contribution in [1.82, 2.24) is 10.4 Å². The molecule has 1 saturated heterocycles. The van der Waals surface area contributed by atoms with Crippen LogP contribution in [-0.4, -0.2) is 31.3 Å². The van der Waals surface area contributed by atoms with Crippen LogP contribution in [-0.2, 0) is 4.74 Å². The van der Waals surface area contributed by atoms with Crippen LogP contribution >= 0.6 is 0 Å². The van der Waals surface area contributed by atoms with Gasteiger partial charge in [-0.1, -0.05) is 44.2 Å². The Balaban J connectivity index is 2.00. The van der Waals surface area contributed by atoms with Gasteiger partial charge in [0.15, 0.2) is 0 Å². The highest BCUT2D eigenvalue weighted by Crippen LogP contribution is 2.21. The van der Waals surface area contributed by atoms with Crippen LogP contribution in [0, 0.1) is 5.92 Å². The van der Waals surface area contributed by atoms with Crippen LogP contribution in [0.15, 0.2) is 30.3 Å². The minimum atomic E-state index is 0.407. The van der Waals surface area contributed by atoms with Crippen LogP contribution in [0.25, 0.3) is 0 Å². The number of hydrogen-bond donors (Lipinski definition) is 1. The van der Waals surface area contributed by atoms with E-state index in [9.17, 15) is 0 Å². The molecule has 1 heterocycles. The summed E-state index contributed by atoms with van der Waals surface area (Å²) < 4.78 is 5.39. The molecule has 0 radical (unpaired) electrons. The van der Waals surface area contributed by atoms with E-state index in [0.29, 0.717) is 12.0 Å². The van der Waals surface area contributed by atoms with Gasteiger partial charge < -0.3 is 4.74 Å². The summed E-state index contributed by atoms with van der Waals surface area (Å²) in [6.07, 6.45) is 1.15. The van der Waals surface area contributed by atoms with E-state index in [4.69, 9.17) is 4.74 Å². The fraction of sp³-hybridized carbons (Fsp3) is 0.600. The summed E-state index contributed by atoms with van der Waals surface area (Å²) in [7, 11) is 0. The summed E-state index contributed by atoms with van der Waals surface area (Å²) in [5.74, 6) is 0.684. The first-order valence-electron chi connectivity index (χ1n) is 6.89. The number of benzene rings is 1. The predicted octanol–water partition coefficient (Wildman–Crippen LogP) is 2.61. The third-order valence-electron chi connectivity index (χ3n) is 3.26. The van der Waals surface area contributed by atoms with Gasteiger partial charge in [-0.15, -0.1) is 0 Å². The first-order valence-corrected chi connectivity index (χ1v) is 6.89. The highest BCUT2D eigenvalue weighted by atomic mass is 16.5. The molecule has 2 rings (SSSR count). The normalized spacial score (nSPS) is 19.1. The Hall–Kier alpha value is -0.900. The molecular weight excluding hydrogens is 224 g/mol. The number of hydrogen-bond acceptors (Lipinski definition) is 3. The molecule has 1 unspecified atom stereocenters. The van der Waals surface area contributed by atoms with Crippen molar-refractivity contribution in [2.24, 2.45) is 5.92 Å². The van der Waals surface area contributed by atoms with Crippen molar-refractivity contribution in [2.75, 3.05) is 26.3 Å². The molecule has 0 spiro atoms. The molecule has 0 bridgehead atoms. The summed E-state index contributed by atoms with van der Waals surface area (Å²) in [6.45, 7) is 8.16. The van der Waals surface area contributed by atoms with E-state index in [1.54, 1.807) is 0 Å². The van der Waals surface area contributed by atoms with Gasteiger partial charge >= 0.3 is 0 Å². The maximum absolute atomic E-state index is 5.39. The molecule has 1 aromatic rings. The Morgan fingerprint density at radius 3 is 2.44 bits per heavy atom. The number of nitrogens with zero attached hydrogens (tertiary/aromatic N) is 1. The van der Waals surface area contributed by atoms with Gasteiger partial charge in [0.1, 0.15) is 0 Å². The van der Waals surface area contributed by atoms with E-state index in [1.807, 2.05) is 0 Å². The maximum Gasteiger partial charge on any atom is 0.0608 e. The van der Waals surface area contributed by atoms with Gasteiger partial charge in [0.2, 0.25) is 0 Å². The number of nitrogens with one attached hydrogen (secondary N) is 1. The first-order chi connectivity index (χ1) is 8.75. The maximum atomic E-state index is 5.39. The molecule has 0 aliphatic carbocycles. The van der Waals surface area contributed by atoms with Crippen LogP contribution in [0.2, 0.25) is 0 Å². The van der Waals surface area contributed by atoms with Gasteiger partial charge in [-0.2, -0.15) is 0 Å². The van der Waals surface area contributed by atoms with E-state index in [-0.39, 0.29) is 0 Å². The molecule has 1 fully saturated rings. The minimum absolute atomic E-state index is 0.407. The molecule has 1 aliphatic heterocycles. The first kappa shape index (κ1) is 13.5. The number of morpholine rings is 1. The van der Waals surface area contributed by atoms with E-state index in [0.717, 1.165) is 32.7 Å². The van der Waals surface area contributed by atoms with Crippen LogP contribution in [0.3, 0.4) is 0 Å². The van der Waals surface area contributed by atoms with Crippen LogP contribution in [0.1, 0.15) is 31.9 Å². The zero-order chi connectivity index (χ0) is 12.8. The molecule has 0 saturated carbocycles. The largest absolute Gasteiger partial charge is 0.379 e. The van der Waals surface area contributed by atoms with Crippen LogP contribution in [0.5, 0.6) is 0 Å². The second-order valence-electron chi connectivity index (χ2n) is 5.32. The minimum Gasteiger partial charge on any atom is -0.379 e. The quantitative estimate of drug-likeness (QED) is 0.867. The lowest BCUT2D eigenvalue weighted by Gasteiger charge is -2.32. The molecule has 1 N–H and O–H groups in total. The lowest BCUT2D eigenvalue weighted by Crippen LogP contribution is -2.47. The summed E-state index contributed by atoms with van der Waals surface area (Å²) >= 11 is 0. The van der Waals surface area contributed by atoms with E-state index in [1.165, 1.54) is 5.56 Å². The summed E-state index contributed by atoms with van der Waals surface area (Å²) in [6, 6.07) is 11.1. The molecule has 1 atom stereocenters. The van der Waals surface area contributed by atoms with Crippen molar-refractivity contribution in [1.29, 1.82) is 0 Å². The lowest BCUT2D eigenvalue weighted by molar-refractivity contribution is 0.00157. The third kappa shape index (κ3) is 4.09. The number of hydrazine groups is 1. The lowest BCUT2D eigenvalue weighted by atomic mass is 9.97. The van der Waals surface area contributed by atoms with E-state index < -0.39 is 0 Å². The zero-order valence-electron chi connectivity index (χ0n) is 11.4. The molecule has 100 valence electrons. The topological polar surface area (TPSA) is 24.5 Å². The van der Waals surface area contributed by atoms with Gasteiger partial charge in [-0.25, -0.2) is 10.4 Å². The van der Waals surface area contributed by atoms with E-state index in [2.05, 4.69) is 54.6 Å². The average Bonchev–Trinajstić information content (AvgIpc) is 2.40. The highest BCUT2D eigenvalue weighted by molar-refractivity contribution is 5.18. The van der Waals surface area contributed by atoms with E-state index >= 15 is 0 Å². The summed E-state index contributed by atoms with van der Waals surface area (Å²) in [5.41, 5.74) is 5.03. The van der Waals surface area contributed by atoms with Crippen molar-refractivity contribution in [3.63, 3.8) is 0 Å². The molecule has 3 nitrogen and oxygen atoms in total. The average molecular weight is 248 g/mol. The van der Waals surface area contributed by atoms with Gasteiger partial charge in [-0.3, -0.25) is 0 Å². The van der Waals surface area contributed by atoms with Gasteiger partial charge in [0, 0.05) is 19.1 Å². The second-order valence-corrected chi connectivity index (χ2v) is 5.32. The van der Waals surface area contributed by atoms with Crippen molar-refractivity contribution in [2.45, 2.75) is 26.3 Å². The Bertz CT molecular complexity index is 334. The molecule has 0 amide bonds. The Morgan fingerprint density at radius 2 is 1.83 bits per heavy atom. The van der Waals surface area contributed by atoms with Gasteiger partial charge in [-0.05, 0) is 17.9 Å². The van der Waals surface area contributed by atoms with Gasteiger partial charge in [0.25, 0.3) is 0 Å². The number of ether oxygens (including phenoxy) is 1. The fourth-order valence-electron chi connectivity index (χ4n) is 2.33. The van der Waals surface area contributed by atoms with Gasteiger partial charge in [0.05, 0.1) is 13.2 Å². The SMILES string of the molecule is CC(C)CC(NN1CCOCC1)c1ccccc1. The Morgan fingerprint density at radius 1 is 1.17 bits per heavy atom. The predicted molar refractivity (Wildman–Crippen MR) is 74.2 cm³/mol. The zero-order valence-corrected chi connectivity index (χ0v) is 11.4. The molecular formula is C15H24N2O. The highest BCUT2D eigenvalue weighted by Gasteiger charge is 2.18. The van der Waals surface area contributed by atoms with Crippen LogP contribution in [0.4, 0.5) is 0 Å². The molecule has 1 aliphatic rings. The Labute approximate surface area is 110 Å². The molecule has 3 heteroatoms. The molecule has 18 heavy (non-hydrogen) atoms. The van der Waals surface area contributed by atoms with Crippen molar-refractivity contribution in [3.8, 4) is 0 Å².